The summed E-state index contributed by atoms with van der Waals surface area (Å²) in [7, 11) is -0.515. The first kappa shape index (κ1) is 12.7. The Morgan fingerprint density at radius 3 is 2.54 bits per heavy atom. The minimum atomic E-state index is -1.67. The van der Waals surface area contributed by atoms with E-state index < -0.39 is 14.4 Å². The number of hydrogen-bond donors (Lipinski definition) is 1. The number of amides is 1. The van der Waals surface area contributed by atoms with Gasteiger partial charge in [0.15, 0.2) is 0 Å². The van der Waals surface area contributed by atoms with Crippen molar-refractivity contribution < 1.29 is 14.1 Å². The predicted octanol–water partition coefficient (Wildman–Crippen LogP) is 0.653. The van der Waals surface area contributed by atoms with Crippen molar-refractivity contribution in [1.29, 1.82) is 0 Å². The van der Waals surface area contributed by atoms with Crippen LogP contribution in [0.4, 0.5) is 4.79 Å². The molecule has 0 aromatic carbocycles. The number of rotatable bonds is 5. The molecule has 4 nitrogen and oxygen atoms in total. The standard InChI is InChI=1S/C7H19NO3Si2/c1-13(2,3)11-8-7(9)10-5-4-6-12/h4-6H2,1-3,12H3,(H,8,9). The number of ether oxygens (including phenoxy) is 1. The molecule has 0 spiro atoms. The first-order valence-electron chi connectivity index (χ1n) is 4.56. The number of carbonyl (C=O) groups excluding carboxylic acids is 1. The van der Waals surface area contributed by atoms with Crippen molar-refractivity contribution in [3.05, 3.63) is 0 Å². The highest BCUT2D eigenvalue weighted by molar-refractivity contribution is 6.69. The molecule has 0 fully saturated rings. The van der Waals surface area contributed by atoms with Crippen molar-refractivity contribution >= 4 is 24.7 Å². The third-order valence-corrected chi connectivity index (χ3v) is 2.59. The van der Waals surface area contributed by atoms with Crippen molar-refractivity contribution in [3.8, 4) is 0 Å². The van der Waals surface area contributed by atoms with Gasteiger partial charge in [0.1, 0.15) is 0 Å². The van der Waals surface area contributed by atoms with E-state index in [0.29, 0.717) is 6.61 Å². The maximum absolute atomic E-state index is 10.9. The zero-order valence-corrected chi connectivity index (χ0v) is 11.8. The second kappa shape index (κ2) is 6.17. The molecule has 0 saturated carbocycles. The molecule has 0 atom stereocenters. The molecule has 0 radical (unpaired) electrons. The summed E-state index contributed by atoms with van der Waals surface area (Å²) in [6.45, 7) is 6.46. The minimum absolute atomic E-state index is 0.474. The smallest absolute Gasteiger partial charge is 0.430 e. The average molecular weight is 221 g/mol. The summed E-state index contributed by atoms with van der Waals surface area (Å²) in [5.74, 6) is 0. The molecule has 0 aromatic heterocycles. The van der Waals surface area contributed by atoms with Gasteiger partial charge in [-0.05, 0) is 26.1 Å². The van der Waals surface area contributed by atoms with Crippen LogP contribution in [0.15, 0.2) is 0 Å². The maximum Gasteiger partial charge on any atom is 0.430 e. The van der Waals surface area contributed by atoms with Gasteiger partial charge in [0, 0.05) is 10.2 Å². The number of nitrogens with one attached hydrogen (secondary N) is 1. The molecule has 0 rings (SSSR count). The van der Waals surface area contributed by atoms with E-state index in [9.17, 15) is 4.79 Å². The van der Waals surface area contributed by atoms with Gasteiger partial charge in [-0.1, -0.05) is 6.04 Å². The van der Waals surface area contributed by atoms with E-state index >= 15 is 0 Å². The second-order valence-corrected chi connectivity index (χ2v) is 9.23. The van der Waals surface area contributed by atoms with E-state index in [-0.39, 0.29) is 0 Å². The van der Waals surface area contributed by atoms with Gasteiger partial charge in [-0.15, -0.1) is 0 Å². The fraction of sp³-hybridized carbons (Fsp3) is 0.857. The van der Waals surface area contributed by atoms with Gasteiger partial charge in [-0.2, -0.15) is 0 Å². The van der Waals surface area contributed by atoms with Gasteiger partial charge in [0.05, 0.1) is 6.61 Å². The lowest BCUT2D eigenvalue weighted by Crippen LogP contribution is -2.37. The normalized spacial score (nSPS) is 11.3. The Balaban J connectivity index is 3.41. The third kappa shape index (κ3) is 9.58. The van der Waals surface area contributed by atoms with Crippen LogP contribution in [-0.2, 0) is 9.26 Å². The predicted molar refractivity (Wildman–Crippen MR) is 58.3 cm³/mol. The highest BCUT2D eigenvalue weighted by Crippen LogP contribution is 1.99. The van der Waals surface area contributed by atoms with Crippen molar-refractivity contribution in [2.75, 3.05) is 6.61 Å². The van der Waals surface area contributed by atoms with E-state index in [4.69, 9.17) is 9.26 Å². The highest BCUT2D eigenvalue weighted by atomic mass is 28.4. The molecule has 0 aliphatic carbocycles. The average Bonchev–Trinajstić information content (AvgIpc) is 2.00. The van der Waals surface area contributed by atoms with E-state index in [1.165, 1.54) is 0 Å². The lowest BCUT2D eigenvalue weighted by atomic mass is 10.5. The van der Waals surface area contributed by atoms with Crippen molar-refractivity contribution in [2.24, 2.45) is 0 Å². The number of hydrogen-bond acceptors (Lipinski definition) is 3. The molecule has 0 bridgehead atoms. The molecule has 0 saturated heterocycles. The lowest BCUT2D eigenvalue weighted by Gasteiger charge is -2.16. The molecule has 6 heteroatoms. The Labute approximate surface area is 83.5 Å². The van der Waals surface area contributed by atoms with Crippen molar-refractivity contribution in [1.82, 2.24) is 5.48 Å². The van der Waals surface area contributed by atoms with Crippen LogP contribution in [0.3, 0.4) is 0 Å². The first-order valence-corrected chi connectivity index (χ1v) is 9.38. The third-order valence-electron chi connectivity index (χ3n) is 1.17. The Morgan fingerprint density at radius 1 is 1.46 bits per heavy atom. The van der Waals surface area contributed by atoms with Gasteiger partial charge in [0.2, 0.25) is 8.32 Å². The number of carbonyl (C=O) groups is 1. The lowest BCUT2D eigenvalue weighted by molar-refractivity contribution is 0.0970. The fourth-order valence-electron chi connectivity index (χ4n) is 0.533. The summed E-state index contributed by atoms with van der Waals surface area (Å²) in [4.78, 5) is 10.9. The molecule has 0 heterocycles. The zero-order chi connectivity index (χ0) is 10.3. The van der Waals surface area contributed by atoms with Gasteiger partial charge >= 0.3 is 6.09 Å². The second-order valence-electron chi connectivity index (χ2n) is 3.81. The van der Waals surface area contributed by atoms with Gasteiger partial charge in [0.25, 0.3) is 0 Å². The molecule has 0 aromatic rings. The molecule has 1 N–H and O–H groups in total. The van der Waals surface area contributed by atoms with E-state index in [0.717, 1.165) is 22.7 Å². The Hall–Kier alpha value is -0.336. The topological polar surface area (TPSA) is 47.6 Å². The Morgan fingerprint density at radius 2 is 2.08 bits per heavy atom. The molecular weight excluding hydrogens is 202 g/mol. The van der Waals surface area contributed by atoms with Gasteiger partial charge in [-0.3, -0.25) is 0 Å². The monoisotopic (exact) mass is 221 g/mol. The quantitative estimate of drug-likeness (QED) is 0.421. The summed E-state index contributed by atoms with van der Waals surface area (Å²) < 4.78 is 9.99. The van der Waals surface area contributed by atoms with Gasteiger partial charge in [-0.25, -0.2) is 10.3 Å². The molecule has 1 amide bonds. The van der Waals surface area contributed by atoms with Crippen LogP contribution in [0.5, 0.6) is 0 Å². The highest BCUT2D eigenvalue weighted by Gasteiger charge is 2.16. The zero-order valence-electron chi connectivity index (χ0n) is 8.85. The molecule has 0 aliphatic rings. The molecule has 0 aliphatic heterocycles. The van der Waals surface area contributed by atoms with Crippen molar-refractivity contribution in [2.45, 2.75) is 32.1 Å². The van der Waals surface area contributed by atoms with Crippen LogP contribution in [0.1, 0.15) is 6.42 Å². The fourth-order valence-corrected chi connectivity index (χ4v) is 1.21. The molecule has 13 heavy (non-hydrogen) atoms. The maximum atomic E-state index is 10.9. The largest absolute Gasteiger partial charge is 0.448 e. The summed E-state index contributed by atoms with van der Waals surface area (Å²) in [6, 6.07) is 1.15. The molecular formula is C7H19NO3Si2. The summed E-state index contributed by atoms with van der Waals surface area (Å²) in [6.07, 6.45) is 0.476. The summed E-state index contributed by atoms with van der Waals surface area (Å²) >= 11 is 0. The van der Waals surface area contributed by atoms with Gasteiger partial charge < -0.3 is 9.26 Å². The molecule has 0 unspecified atom stereocenters. The first-order chi connectivity index (χ1) is 5.95. The van der Waals surface area contributed by atoms with E-state index in [2.05, 4.69) is 5.48 Å². The summed E-state index contributed by atoms with van der Waals surface area (Å²) in [5, 5.41) is 0. The Kier molecular flexibility index (Phi) is 6.01. The van der Waals surface area contributed by atoms with Crippen LogP contribution in [0.2, 0.25) is 25.7 Å². The number of hydroxylamine groups is 1. The van der Waals surface area contributed by atoms with E-state index in [1.54, 1.807) is 0 Å². The van der Waals surface area contributed by atoms with Crippen LogP contribution < -0.4 is 5.48 Å². The minimum Gasteiger partial charge on any atom is -0.448 e. The van der Waals surface area contributed by atoms with Crippen molar-refractivity contribution in [3.63, 3.8) is 0 Å². The van der Waals surface area contributed by atoms with Crippen LogP contribution in [0, 0.1) is 0 Å². The van der Waals surface area contributed by atoms with Crippen LogP contribution >= 0.6 is 0 Å². The Bertz CT molecular complexity index is 158. The van der Waals surface area contributed by atoms with Crippen LogP contribution in [0.25, 0.3) is 0 Å². The van der Waals surface area contributed by atoms with Crippen LogP contribution in [-0.4, -0.2) is 31.3 Å². The SMILES string of the molecule is C[Si](C)(C)ONC(=O)OCCC[SiH3]. The molecule has 78 valence electrons. The summed E-state index contributed by atoms with van der Waals surface area (Å²) in [5.41, 5.74) is 2.29. The van der Waals surface area contributed by atoms with E-state index in [1.807, 2.05) is 19.6 Å².